The number of amides is 3. The molecule has 25 heavy (non-hydrogen) atoms. The maximum Gasteiger partial charge on any atom is 0.319 e. The quantitative estimate of drug-likeness (QED) is 0.875. The van der Waals surface area contributed by atoms with E-state index >= 15 is 0 Å². The fourth-order valence-corrected chi connectivity index (χ4v) is 3.10. The number of aryl methyl sites for hydroxylation is 2. The maximum atomic E-state index is 12.2. The smallest absolute Gasteiger partial charge is 0.319 e. The van der Waals surface area contributed by atoms with Gasteiger partial charge in [0.15, 0.2) is 0 Å². The molecule has 1 unspecified atom stereocenters. The van der Waals surface area contributed by atoms with E-state index < -0.39 is 0 Å². The zero-order valence-electron chi connectivity index (χ0n) is 14.2. The van der Waals surface area contributed by atoms with E-state index in [2.05, 4.69) is 10.6 Å². The van der Waals surface area contributed by atoms with Gasteiger partial charge in [0.2, 0.25) is 5.91 Å². The van der Waals surface area contributed by atoms with Gasteiger partial charge in [0.1, 0.15) is 0 Å². The molecular formula is C19H20ClN3O2. The van der Waals surface area contributed by atoms with Gasteiger partial charge in [-0.25, -0.2) is 4.79 Å². The average molecular weight is 358 g/mol. The lowest BCUT2D eigenvalue weighted by molar-refractivity contribution is -0.117. The fourth-order valence-electron chi connectivity index (χ4n) is 2.97. The van der Waals surface area contributed by atoms with Crippen molar-refractivity contribution in [3.8, 4) is 0 Å². The van der Waals surface area contributed by atoms with Gasteiger partial charge in [0.05, 0.1) is 6.04 Å². The summed E-state index contributed by atoms with van der Waals surface area (Å²) in [7, 11) is 0. The Balaban J connectivity index is 1.61. The van der Waals surface area contributed by atoms with E-state index in [1.165, 1.54) is 0 Å². The largest absolute Gasteiger partial charge is 0.333 e. The Bertz CT molecular complexity index is 805. The van der Waals surface area contributed by atoms with Gasteiger partial charge in [-0.2, -0.15) is 0 Å². The van der Waals surface area contributed by atoms with Gasteiger partial charge in [0.25, 0.3) is 0 Å². The Morgan fingerprint density at radius 3 is 2.56 bits per heavy atom. The van der Waals surface area contributed by atoms with Crippen LogP contribution in [0.3, 0.4) is 0 Å². The first kappa shape index (κ1) is 17.3. The van der Waals surface area contributed by atoms with Crippen LogP contribution in [0.1, 0.15) is 17.5 Å². The average Bonchev–Trinajstić information content (AvgIpc) is 2.91. The topological polar surface area (TPSA) is 61.4 Å². The first-order valence-corrected chi connectivity index (χ1v) is 8.51. The number of hydrogen-bond acceptors (Lipinski definition) is 2. The summed E-state index contributed by atoms with van der Waals surface area (Å²) in [4.78, 5) is 26.1. The minimum absolute atomic E-state index is 0.0147. The van der Waals surface area contributed by atoms with Gasteiger partial charge in [-0.05, 0) is 49.7 Å². The van der Waals surface area contributed by atoms with Gasteiger partial charge >= 0.3 is 6.03 Å². The predicted molar refractivity (Wildman–Crippen MR) is 100 cm³/mol. The van der Waals surface area contributed by atoms with Crippen LogP contribution in [0.2, 0.25) is 5.02 Å². The standard InChI is InChI=1S/C19H20ClN3O2/c1-12-3-8-17(13(2)9-12)22-19(25)21-15-10-18(24)23(11-15)16-6-4-14(20)5-7-16/h3-9,15H,10-11H2,1-2H3,(H2,21,22,25). The van der Waals surface area contributed by atoms with E-state index in [0.717, 1.165) is 22.5 Å². The summed E-state index contributed by atoms with van der Waals surface area (Å²) in [5, 5.41) is 6.34. The molecule has 0 aliphatic carbocycles. The Kier molecular flexibility index (Phi) is 4.95. The highest BCUT2D eigenvalue weighted by Crippen LogP contribution is 2.23. The van der Waals surface area contributed by atoms with Crippen molar-refractivity contribution < 1.29 is 9.59 Å². The van der Waals surface area contributed by atoms with Gasteiger partial charge < -0.3 is 15.5 Å². The van der Waals surface area contributed by atoms with Crippen molar-refractivity contribution in [2.45, 2.75) is 26.3 Å². The maximum absolute atomic E-state index is 12.2. The number of benzene rings is 2. The van der Waals surface area contributed by atoms with Crippen molar-refractivity contribution in [2.75, 3.05) is 16.8 Å². The second-order valence-corrected chi connectivity index (χ2v) is 6.74. The summed E-state index contributed by atoms with van der Waals surface area (Å²) < 4.78 is 0. The second kappa shape index (κ2) is 7.15. The summed E-state index contributed by atoms with van der Waals surface area (Å²) in [6, 6.07) is 12.4. The molecule has 1 fully saturated rings. The summed E-state index contributed by atoms with van der Waals surface area (Å²) >= 11 is 5.88. The normalized spacial score (nSPS) is 16.8. The highest BCUT2D eigenvalue weighted by Gasteiger charge is 2.31. The van der Waals surface area contributed by atoms with Crippen molar-refractivity contribution in [3.63, 3.8) is 0 Å². The lowest BCUT2D eigenvalue weighted by atomic mass is 10.1. The van der Waals surface area contributed by atoms with E-state index in [-0.39, 0.29) is 24.4 Å². The molecule has 130 valence electrons. The molecule has 2 aromatic carbocycles. The monoisotopic (exact) mass is 357 g/mol. The van der Waals surface area contributed by atoms with Crippen molar-refractivity contribution >= 4 is 34.9 Å². The molecule has 0 radical (unpaired) electrons. The zero-order valence-corrected chi connectivity index (χ0v) is 14.9. The van der Waals surface area contributed by atoms with Crippen LogP contribution >= 0.6 is 11.6 Å². The Hall–Kier alpha value is -2.53. The molecule has 1 aliphatic rings. The molecule has 6 heteroatoms. The number of nitrogens with zero attached hydrogens (tertiary/aromatic N) is 1. The molecule has 5 nitrogen and oxygen atoms in total. The minimum Gasteiger partial charge on any atom is -0.333 e. The van der Waals surface area contributed by atoms with E-state index in [4.69, 9.17) is 11.6 Å². The second-order valence-electron chi connectivity index (χ2n) is 6.30. The summed E-state index contributed by atoms with van der Waals surface area (Å²) in [5.41, 5.74) is 3.69. The van der Waals surface area contributed by atoms with Crippen molar-refractivity contribution in [3.05, 3.63) is 58.6 Å². The molecule has 1 aliphatic heterocycles. The molecule has 2 N–H and O–H groups in total. The lowest BCUT2D eigenvalue weighted by Crippen LogP contribution is -2.39. The van der Waals surface area contributed by atoms with Gasteiger partial charge in [-0.15, -0.1) is 0 Å². The van der Waals surface area contributed by atoms with Crippen LogP contribution in [0.5, 0.6) is 0 Å². The molecule has 2 aromatic rings. The third kappa shape index (κ3) is 4.12. The van der Waals surface area contributed by atoms with Crippen LogP contribution in [0.25, 0.3) is 0 Å². The van der Waals surface area contributed by atoms with Crippen LogP contribution in [0.15, 0.2) is 42.5 Å². The number of nitrogens with one attached hydrogen (secondary N) is 2. The summed E-state index contributed by atoms with van der Waals surface area (Å²) in [6.45, 7) is 4.40. The van der Waals surface area contributed by atoms with E-state index in [1.807, 2.05) is 32.0 Å². The molecular weight excluding hydrogens is 338 g/mol. The summed E-state index contributed by atoms with van der Waals surface area (Å²) in [6.07, 6.45) is 0.281. The zero-order chi connectivity index (χ0) is 18.0. The SMILES string of the molecule is Cc1ccc(NC(=O)NC2CC(=O)N(c3ccc(Cl)cc3)C2)c(C)c1. The molecule has 0 bridgehead atoms. The Morgan fingerprint density at radius 1 is 1.16 bits per heavy atom. The molecule has 0 aromatic heterocycles. The third-order valence-corrected chi connectivity index (χ3v) is 4.48. The Morgan fingerprint density at radius 2 is 1.88 bits per heavy atom. The number of carbonyl (C=O) groups is 2. The van der Waals surface area contributed by atoms with Gasteiger partial charge in [-0.1, -0.05) is 29.3 Å². The van der Waals surface area contributed by atoms with Crippen molar-refractivity contribution in [2.24, 2.45) is 0 Å². The molecule has 1 atom stereocenters. The van der Waals surface area contributed by atoms with Crippen LogP contribution < -0.4 is 15.5 Å². The number of rotatable bonds is 3. The van der Waals surface area contributed by atoms with Gasteiger partial charge in [0, 0.05) is 29.4 Å². The summed E-state index contributed by atoms with van der Waals surface area (Å²) in [5.74, 6) is -0.0147. The highest BCUT2D eigenvalue weighted by molar-refractivity contribution is 6.30. The van der Waals surface area contributed by atoms with Crippen LogP contribution in [0.4, 0.5) is 16.2 Å². The van der Waals surface area contributed by atoms with Crippen molar-refractivity contribution in [1.29, 1.82) is 0 Å². The third-order valence-electron chi connectivity index (χ3n) is 4.23. The Labute approximate surface area is 152 Å². The number of halogens is 1. The van der Waals surface area contributed by atoms with Crippen LogP contribution in [0, 0.1) is 13.8 Å². The van der Waals surface area contributed by atoms with E-state index in [9.17, 15) is 9.59 Å². The lowest BCUT2D eigenvalue weighted by Gasteiger charge is -2.18. The van der Waals surface area contributed by atoms with E-state index in [0.29, 0.717) is 11.6 Å². The van der Waals surface area contributed by atoms with Crippen molar-refractivity contribution in [1.82, 2.24) is 5.32 Å². The number of anilines is 2. The van der Waals surface area contributed by atoms with Gasteiger partial charge in [-0.3, -0.25) is 4.79 Å². The first-order chi connectivity index (χ1) is 11.9. The first-order valence-electron chi connectivity index (χ1n) is 8.13. The molecule has 0 spiro atoms. The molecule has 3 rings (SSSR count). The molecule has 1 heterocycles. The molecule has 0 saturated carbocycles. The highest BCUT2D eigenvalue weighted by atomic mass is 35.5. The van der Waals surface area contributed by atoms with Crippen LogP contribution in [-0.4, -0.2) is 24.5 Å². The molecule has 1 saturated heterocycles. The fraction of sp³-hybridized carbons (Fsp3) is 0.263. The van der Waals surface area contributed by atoms with E-state index in [1.54, 1.807) is 29.2 Å². The van der Waals surface area contributed by atoms with Crippen LogP contribution in [-0.2, 0) is 4.79 Å². The predicted octanol–water partition coefficient (Wildman–Crippen LogP) is 3.88. The molecule has 3 amide bonds. The number of carbonyl (C=O) groups excluding carboxylic acids is 2. The minimum atomic E-state index is -0.303. The number of hydrogen-bond donors (Lipinski definition) is 2. The number of urea groups is 1.